The number of nitro benzene ring substituents is 1. The number of methoxy groups -OCH3 is 1. The lowest BCUT2D eigenvalue weighted by atomic mass is 9.90. The zero-order valence-corrected chi connectivity index (χ0v) is 15.6. The van der Waals surface area contributed by atoms with Gasteiger partial charge >= 0.3 is 0 Å². The highest BCUT2D eigenvalue weighted by Crippen LogP contribution is 2.36. The van der Waals surface area contributed by atoms with E-state index in [-0.39, 0.29) is 10.6 Å². The Kier molecular flexibility index (Phi) is 6.41. The third-order valence-corrected chi connectivity index (χ3v) is 4.92. The molecule has 0 saturated heterocycles. The van der Waals surface area contributed by atoms with Crippen molar-refractivity contribution >= 4 is 27.3 Å². The minimum atomic E-state index is -0.284. The second-order valence-electron chi connectivity index (χ2n) is 6.60. The molecule has 1 fully saturated rings. The smallest absolute Gasteiger partial charge is 0.293 e. The number of halogens is 1. The van der Waals surface area contributed by atoms with E-state index in [0.717, 1.165) is 42.4 Å². The van der Waals surface area contributed by atoms with Gasteiger partial charge in [0.25, 0.3) is 5.69 Å². The van der Waals surface area contributed by atoms with Gasteiger partial charge in [-0.1, -0.05) is 29.8 Å². The summed E-state index contributed by atoms with van der Waals surface area (Å²) in [4.78, 5) is 13.4. The normalized spacial score (nSPS) is 21.4. The standard InChI is InChI=1S/C17H25BrN2O3/c1-12(2)11-19(14-5-7-15(23-3)8-6-14)16-9-4-13(18)10-17(16)20(21)22/h4,9-10,12,14-15H,5-8,11H2,1-3H3/t14-,15-. The summed E-state index contributed by atoms with van der Waals surface area (Å²) in [6.45, 7) is 5.13. The Morgan fingerprint density at radius 1 is 1.35 bits per heavy atom. The molecule has 0 atom stereocenters. The van der Waals surface area contributed by atoms with Gasteiger partial charge in [-0.15, -0.1) is 0 Å². The van der Waals surface area contributed by atoms with Crippen LogP contribution in [0, 0.1) is 16.0 Å². The van der Waals surface area contributed by atoms with Crippen LogP contribution >= 0.6 is 15.9 Å². The van der Waals surface area contributed by atoms with E-state index in [9.17, 15) is 10.1 Å². The monoisotopic (exact) mass is 384 g/mol. The van der Waals surface area contributed by atoms with Gasteiger partial charge in [-0.3, -0.25) is 10.1 Å². The average Bonchev–Trinajstić information content (AvgIpc) is 2.52. The molecule has 0 radical (unpaired) electrons. The van der Waals surface area contributed by atoms with Crippen LogP contribution in [0.3, 0.4) is 0 Å². The molecule has 0 bridgehead atoms. The van der Waals surface area contributed by atoms with E-state index in [1.54, 1.807) is 13.2 Å². The van der Waals surface area contributed by atoms with Crippen molar-refractivity contribution < 1.29 is 9.66 Å². The van der Waals surface area contributed by atoms with Gasteiger partial charge < -0.3 is 9.64 Å². The summed E-state index contributed by atoms with van der Waals surface area (Å²) in [5, 5.41) is 11.5. The van der Waals surface area contributed by atoms with Crippen LogP contribution in [0.4, 0.5) is 11.4 Å². The second kappa shape index (κ2) is 8.11. The number of nitro groups is 1. The molecule has 1 aliphatic rings. The van der Waals surface area contributed by atoms with Crippen molar-refractivity contribution in [3.05, 3.63) is 32.8 Å². The van der Waals surface area contributed by atoms with E-state index in [1.807, 2.05) is 12.1 Å². The highest BCUT2D eigenvalue weighted by Gasteiger charge is 2.30. The molecule has 0 unspecified atom stereocenters. The molecule has 0 heterocycles. The fourth-order valence-corrected chi connectivity index (χ4v) is 3.66. The van der Waals surface area contributed by atoms with Crippen LogP contribution in [-0.4, -0.2) is 30.7 Å². The van der Waals surface area contributed by atoms with E-state index in [1.165, 1.54) is 0 Å². The number of benzene rings is 1. The summed E-state index contributed by atoms with van der Waals surface area (Å²) < 4.78 is 6.19. The maximum atomic E-state index is 11.5. The molecule has 0 N–H and O–H groups in total. The number of hydrogen-bond donors (Lipinski definition) is 0. The molecule has 6 heteroatoms. The van der Waals surface area contributed by atoms with Gasteiger partial charge in [0.05, 0.1) is 11.0 Å². The Balaban J connectivity index is 2.30. The van der Waals surface area contributed by atoms with Crippen LogP contribution in [0.2, 0.25) is 0 Å². The molecular formula is C17H25BrN2O3. The SMILES string of the molecule is CO[C@H]1CC[C@H](N(CC(C)C)c2ccc(Br)cc2[N+](=O)[O-])CC1. The van der Waals surface area contributed by atoms with Gasteiger partial charge in [-0.05, 0) is 43.7 Å². The minimum Gasteiger partial charge on any atom is -0.381 e. The van der Waals surface area contributed by atoms with Gasteiger partial charge in [0.2, 0.25) is 0 Å². The summed E-state index contributed by atoms with van der Waals surface area (Å²) in [7, 11) is 1.76. The van der Waals surface area contributed by atoms with Crippen molar-refractivity contribution in [1.29, 1.82) is 0 Å². The third kappa shape index (κ3) is 4.67. The van der Waals surface area contributed by atoms with Crippen molar-refractivity contribution in [2.45, 2.75) is 51.7 Å². The molecular weight excluding hydrogens is 360 g/mol. The Hall–Kier alpha value is -1.14. The predicted molar refractivity (Wildman–Crippen MR) is 96.0 cm³/mol. The van der Waals surface area contributed by atoms with Gasteiger partial charge in [-0.2, -0.15) is 0 Å². The zero-order chi connectivity index (χ0) is 17.0. The lowest BCUT2D eigenvalue weighted by molar-refractivity contribution is -0.384. The largest absolute Gasteiger partial charge is 0.381 e. The Labute approximate surface area is 146 Å². The first-order chi connectivity index (χ1) is 10.9. The first kappa shape index (κ1) is 18.2. The van der Waals surface area contributed by atoms with Crippen molar-refractivity contribution in [3.63, 3.8) is 0 Å². The lowest BCUT2D eigenvalue weighted by Gasteiger charge is -2.38. The van der Waals surface area contributed by atoms with Crippen molar-refractivity contribution in [3.8, 4) is 0 Å². The van der Waals surface area contributed by atoms with E-state index < -0.39 is 0 Å². The second-order valence-corrected chi connectivity index (χ2v) is 7.52. The summed E-state index contributed by atoms with van der Waals surface area (Å²) in [5.74, 6) is 0.443. The number of rotatable bonds is 6. The van der Waals surface area contributed by atoms with E-state index in [2.05, 4.69) is 34.7 Å². The minimum absolute atomic E-state index is 0.175. The highest BCUT2D eigenvalue weighted by molar-refractivity contribution is 9.10. The molecule has 0 aliphatic heterocycles. The maximum Gasteiger partial charge on any atom is 0.293 e. The Morgan fingerprint density at radius 2 is 2.00 bits per heavy atom. The number of anilines is 1. The van der Waals surface area contributed by atoms with Crippen LogP contribution in [0.5, 0.6) is 0 Å². The molecule has 1 saturated carbocycles. The highest BCUT2D eigenvalue weighted by atomic mass is 79.9. The third-order valence-electron chi connectivity index (χ3n) is 4.42. The quantitative estimate of drug-likeness (QED) is 0.523. The topological polar surface area (TPSA) is 55.6 Å². The van der Waals surface area contributed by atoms with Gasteiger partial charge in [0, 0.05) is 30.2 Å². The Morgan fingerprint density at radius 3 is 2.52 bits per heavy atom. The first-order valence-corrected chi connectivity index (χ1v) is 8.95. The molecule has 2 rings (SSSR count). The predicted octanol–water partition coefficient (Wildman–Crippen LogP) is 4.78. The number of nitrogens with zero attached hydrogens (tertiary/aromatic N) is 2. The Bertz CT molecular complexity index is 543. The van der Waals surface area contributed by atoms with Crippen LogP contribution in [0.15, 0.2) is 22.7 Å². The summed E-state index contributed by atoms with van der Waals surface area (Å²) in [5.41, 5.74) is 0.904. The fraction of sp³-hybridized carbons (Fsp3) is 0.647. The number of ether oxygens (including phenoxy) is 1. The molecule has 23 heavy (non-hydrogen) atoms. The van der Waals surface area contributed by atoms with Crippen LogP contribution < -0.4 is 4.90 Å². The molecule has 128 valence electrons. The van der Waals surface area contributed by atoms with E-state index in [4.69, 9.17) is 4.74 Å². The first-order valence-electron chi connectivity index (χ1n) is 8.15. The van der Waals surface area contributed by atoms with Crippen molar-refractivity contribution in [2.75, 3.05) is 18.6 Å². The fourth-order valence-electron chi connectivity index (χ4n) is 3.32. The van der Waals surface area contributed by atoms with Crippen molar-refractivity contribution in [1.82, 2.24) is 0 Å². The van der Waals surface area contributed by atoms with E-state index in [0.29, 0.717) is 18.1 Å². The maximum absolute atomic E-state index is 11.5. The lowest BCUT2D eigenvalue weighted by Crippen LogP contribution is -2.41. The van der Waals surface area contributed by atoms with Crippen LogP contribution in [0.25, 0.3) is 0 Å². The zero-order valence-electron chi connectivity index (χ0n) is 14.0. The molecule has 1 aliphatic carbocycles. The van der Waals surface area contributed by atoms with Gasteiger partial charge in [-0.25, -0.2) is 0 Å². The van der Waals surface area contributed by atoms with Gasteiger partial charge in [0.15, 0.2) is 0 Å². The molecule has 0 spiro atoms. The van der Waals surface area contributed by atoms with Crippen LogP contribution in [-0.2, 0) is 4.74 Å². The average molecular weight is 385 g/mol. The summed E-state index contributed by atoms with van der Waals surface area (Å²) >= 11 is 3.34. The van der Waals surface area contributed by atoms with Crippen molar-refractivity contribution in [2.24, 2.45) is 5.92 Å². The summed E-state index contributed by atoms with van der Waals surface area (Å²) in [6.07, 6.45) is 4.38. The van der Waals surface area contributed by atoms with Gasteiger partial charge in [0.1, 0.15) is 5.69 Å². The molecule has 1 aromatic carbocycles. The molecule has 0 aromatic heterocycles. The molecule has 5 nitrogen and oxygen atoms in total. The van der Waals surface area contributed by atoms with Crippen LogP contribution in [0.1, 0.15) is 39.5 Å². The number of hydrogen-bond acceptors (Lipinski definition) is 4. The van der Waals surface area contributed by atoms with E-state index >= 15 is 0 Å². The molecule has 0 amide bonds. The molecule has 1 aromatic rings. The summed E-state index contributed by atoms with van der Waals surface area (Å²) in [6, 6.07) is 5.69.